The number of rotatable bonds is 6. The van der Waals surface area contributed by atoms with Crippen LogP contribution in [0.5, 0.6) is 0 Å². The first-order valence-corrected chi connectivity index (χ1v) is 12.2. The molecule has 0 bridgehead atoms. The second kappa shape index (κ2) is 10.6. The molecule has 1 amide bonds. The van der Waals surface area contributed by atoms with Crippen molar-refractivity contribution in [2.75, 3.05) is 57.3 Å². The van der Waals surface area contributed by atoms with Crippen molar-refractivity contribution in [3.8, 4) is 0 Å². The van der Waals surface area contributed by atoms with E-state index in [2.05, 4.69) is 37.9 Å². The Morgan fingerprint density at radius 2 is 1.56 bits per heavy atom. The highest BCUT2D eigenvalue weighted by Gasteiger charge is 2.25. The quantitative estimate of drug-likeness (QED) is 0.538. The van der Waals surface area contributed by atoms with Gasteiger partial charge >= 0.3 is 0 Å². The van der Waals surface area contributed by atoms with E-state index in [1.54, 1.807) is 0 Å². The van der Waals surface area contributed by atoms with Crippen molar-refractivity contribution in [1.29, 1.82) is 0 Å². The number of aromatic nitrogens is 1. The van der Waals surface area contributed by atoms with Crippen LogP contribution in [0, 0.1) is 0 Å². The van der Waals surface area contributed by atoms with E-state index in [9.17, 15) is 4.79 Å². The summed E-state index contributed by atoms with van der Waals surface area (Å²) in [5.74, 6) is 0.559. The number of hydrogen-bond donors (Lipinski definition) is 0. The Kier molecular flexibility index (Phi) is 7.13. The average molecular weight is 480 g/mol. The standard InChI is InChI=1S/C26H30ClN5O2/c27-22-6-4-5-21(17-22)18-29-9-11-30(12-10-29)19-25-28-24(20-34-25)26(33)32-15-13-31(14-16-32)23-7-2-1-3-8-23/h1-8,17,20H,9-16,18-19H2. The number of nitrogens with zero attached hydrogens (tertiary/aromatic N) is 5. The van der Waals surface area contributed by atoms with Gasteiger partial charge in [0.15, 0.2) is 5.69 Å². The highest BCUT2D eigenvalue weighted by Crippen LogP contribution is 2.18. The molecule has 0 radical (unpaired) electrons. The first kappa shape index (κ1) is 22.9. The van der Waals surface area contributed by atoms with E-state index in [0.29, 0.717) is 31.2 Å². The number of para-hydroxylation sites is 1. The third kappa shape index (κ3) is 5.60. The predicted octanol–water partition coefficient (Wildman–Crippen LogP) is 3.61. The average Bonchev–Trinajstić information content (AvgIpc) is 3.34. The van der Waals surface area contributed by atoms with E-state index in [1.807, 2.05) is 41.3 Å². The third-order valence-electron chi connectivity index (χ3n) is 6.58. The molecule has 178 valence electrons. The highest BCUT2D eigenvalue weighted by atomic mass is 35.5. The first-order valence-electron chi connectivity index (χ1n) is 11.9. The van der Waals surface area contributed by atoms with Crippen LogP contribution < -0.4 is 4.90 Å². The van der Waals surface area contributed by atoms with Crippen LogP contribution in [0.25, 0.3) is 0 Å². The smallest absolute Gasteiger partial charge is 0.275 e. The zero-order chi connectivity index (χ0) is 23.3. The lowest BCUT2D eigenvalue weighted by molar-refractivity contribution is 0.0740. The number of amides is 1. The highest BCUT2D eigenvalue weighted by molar-refractivity contribution is 6.30. The van der Waals surface area contributed by atoms with Gasteiger partial charge in [-0.15, -0.1) is 0 Å². The fourth-order valence-electron chi connectivity index (χ4n) is 4.64. The number of benzene rings is 2. The molecule has 0 spiro atoms. The molecule has 7 nitrogen and oxygen atoms in total. The van der Waals surface area contributed by atoms with Crippen LogP contribution in [0.4, 0.5) is 5.69 Å². The van der Waals surface area contributed by atoms with E-state index in [0.717, 1.165) is 50.8 Å². The molecule has 3 aromatic rings. The molecule has 2 fully saturated rings. The van der Waals surface area contributed by atoms with Crippen molar-refractivity contribution in [3.05, 3.63) is 83.0 Å². The number of carbonyl (C=O) groups is 1. The maximum Gasteiger partial charge on any atom is 0.275 e. The first-order chi connectivity index (χ1) is 16.6. The molecule has 0 unspecified atom stereocenters. The number of anilines is 1. The number of hydrogen-bond acceptors (Lipinski definition) is 6. The largest absolute Gasteiger partial charge is 0.447 e. The molecule has 5 rings (SSSR count). The molecule has 34 heavy (non-hydrogen) atoms. The summed E-state index contributed by atoms with van der Waals surface area (Å²) >= 11 is 6.11. The van der Waals surface area contributed by atoms with E-state index >= 15 is 0 Å². The molecule has 2 aliphatic heterocycles. The van der Waals surface area contributed by atoms with Crippen molar-refractivity contribution >= 4 is 23.2 Å². The Labute approximate surface area is 205 Å². The van der Waals surface area contributed by atoms with Gasteiger partial charge in [-0.3, -0.25) is 14.6 Å². The summed E-state index contributed by atoms with van der Waals surface area (Å²) < 4.78 is 5.67. The Bertz CT molecular complexity index is 1090. The Morgan fingerprint density at radius 1 is 0.853 bits per heavy atom. The third-order valence-corrected chi connectivity index (χ3v) is 6.81. The van der Waals surface area contributed by atoms with Crippen molar-refractivity contribution in [1.82, 2.24) is 19.7 Å². The zero-order valence-electron chi connectivity index (χ0n) is 19.3. The molecule has 2 saturated heterocycles. The lowest BCUT2D eigenvalue weighted by Crippen LogP contribution is -2.48. The molecule has 8 heteroatoms. The molecular formula is C26H30ClN5O2. The SMILES string of the molecule is O=C(c1coc(CN2CCN(Cc3cccc(Cl)c3)CC2)n1)N1CCN(c2ccccc2)CC1. The number of halogens is 1. The maximum atomic E-state index is 12.9. The maximum absolute atomic E-state index is 12.9. The minimum atomic E-state index is -0.0472. The normalized spacial score (nSPS) is 17.8. The minimum Gasteiger partial charge on any atom is -0.447 e. The lowest BCUT2D eigenvalue weighted by atomic mass is 10.2. The van der Waals surface area contributed by atoms with Gasteiger partial charge < -0.3 is 14.2 Å². The summed E-state index contributed by atoms with van der Waals surface area (Å²) in [6, 6.07) is 18.4. The van der Waals surface area contributed by atoms with E-state index < -0.39 is 0 Å². The van der Waals surface area contributed by atoms with Gasteiger partial charge in [0.1, 0.15) is 6.26 Å². The van der Waals surface area contributed by atoms with Crippen LogP contribution in [0.1, 0.15) is 21.9 Å². The van der Waals surface area contributed by atoms with Gasteiger partial charge in [0.2, 0.25) is 5.89 Å². The minimum absolute atomic E-state index is 0.0472. The summed E-state index contributed by atoms with van der Waals surface area (Å²) in [6.45, 7) is 8.37. The van der Waals surface area contributed by atoms with Gasteiger partial charge in [-0.1, -0.05) is 41.9 Å². The van der Waals surface area contributed by atoms with Crippen LogP contribution in [-0.4, -0.2) is 77.9 Å². The molecular weight excluding hydrogens is 450 g/mol. The van der Waals surface area contributed by atoms with Crippen LogP contribution in [0.2, 0.25) is 5.02 Å². The fraction of sp³-hybridized carbons (Fsp3) is 0.385. The van der Waals surface area contributed by atoms with E-state index in [4.69, 9.17) is 16.0 Å². The van der Waals surface area contributed by atoms with Gasteiger partial charge in [0.25, 0.3) is 5.91 Å². The summed E-state index contributed by atoms with van der Waals surface area (Å²) in [7, 11) is 0. The van der Waals surface area contributed by atoms with Gasteiger partial charge in [-0.05, 0) is 29.8 Å². The van der Waals surface area contributed by atoms with Crippen LogP contribution in [-0.2, 0) is 13.1 Å². The van der Waals surface area contributed by atoms with Gasteiger partial charge in [0.05, 0.1) is 6.54 Å². The van der Waals surface area contributed by atoms with Crippen LogP contribution in [0.3, 0.4) is 0 Å². The zero-order valence-corrected chi connectivity index (χ0v) is 20.0. The Balaban J connectivity index is 1.08. The predicted molar refractivity (Wildman–Crippen MR) is 133 cm³/mol. The van der Waals surface area contributed by atoms with Gasteiger partial charge in [-0.2, -0.15) is 0 Å². The number of oxazole rings is 1. The second-order valence-corrected chi connectivity index (χ2v) is 9.36. The topological polar surface area (TPSA) is 56.1 Å². The molecule has 0 aliphatic carbocycles. The van der Waals surface area contributed by atoms with Crippen molar-refractivity contribution in [3.63, 3.8) is 0 Å². The summed E-state index contributed by atoms with van der Waals surface area (Å²) in [6.07, 6.45) is 1.51. The van der Waals surface area contributed by atoms with Gasteiger partial charge in [0, 0.05) is 69.6 Å². The number of carbonyl (C=O) groups excluding carboxylic acids is 1. The monoisotopic (exact) mass is 479 g/mol. The second-order valence-electron chi connectivity index (χ2n) is 8.92. The summed E-state index contributed by atoms with van der Waals surface area (Å²) in [5, 5.41) is 0.781. The molecule has 0 atom stereocenters. The molecule has 2 aliphatic rings. The van der Waals surface area contributed by atoms with Crippen molar-refractivity contribution < 1.29 is 9.21 Å². The summed E-state index contributed by atoms with van der Waals surface area (Å²) in [5.41, 5.74) is 2.84. The van der Waals surface area contributed by atoms with Crippen molar-refractivity contribution in [2.45, 2.75) is 13.1 Å². The Morgan fingerprint density at radius 3 is 2.26 bits per heavy atom. The van der Waals surface area contributed by atoms with Crippen molar-refractivity contribution in [2.24, 2.45) is 0 Å². The van der Waals surface area contributed by atoms with Gasteiger partial charge in [-0.25, -0.2) is 4.98 Å². The number of piperazine rings is 2. The molecule has 0 saturated carbocycles. The molecule has 0 N–H and O–H groups in total. The van der Waals surface area contributed by atoms with E-state index in [-0.39, 0.29) is 5.91 Å². The molecule has 3 heterocycles. The van der Waals surface area contributed by atoms with E-state index in [1.165, 1.54) is 17.5 Å². The fourth-order valence-corrected chi connectivity index (χ4v) is 4.85. The summed E-state index contributed by atoms with van der Waals surface area (Å²) in [4.78, 5) is 26.4. The Hall–Kier alpha value is -2.87. The molecule has 1 aromatic heterocycles. The molecule has 2 aromatic carbocycles. The van der Waals surface area contributed by atoms with Crippen LogP contribution in [0.15, 0.2) is 65.3 Å². The van der Waals surface area contributed by atoms with Crippen LogP contribution >= 0.6 is 11.6 Å². The lowest BCUT2D eigenvalue weighted by Gasteiger charge is -2.35.